The van der Waals surface area contributed by atoms with E-state index in [1.807, 2.05) is 7.05 Å². The number of nitrogens with two attached hydrogens (primary N) is 1. The van der Waals surface area contributed by atoms with Crippen molar-refractivity contribution in [3.05, 3.63) is 76.5 Å². The van der Waals surface area contributed by atoms with Crippen LogP contribution >= 0.6 is 0 Å². The van der Waals surface area contributed by atoms with E-state index >= 15 is 0 Å². The number of anilines is 1. The summed E-state index contributed by atoms with van der Waals surface area (Å²) in [5, 5.41) is 0. The lowest BCUT2D eigenvalue weighted by Gasteiger charge is -2.23. The Hall–Kier alpha value is -4.52. The summed E-state index contributed by atoms with van der Waals surface area (Å²) in [6, 6.07) is 11.0. The van der Waals surface area contributed by atoms with Gasteiger partial charge in [0.05, 0.1) is 39.9 Å². The van der Waals surface area contributed by atoms with Gasteiger partial charge in [0.1, 0.15) is 17.1 Å². The van der Waals surface area contributed by atoms with Crippen LogP contribution in [0.2, 0.25) is 0 Å². The number of rotatable bonds is 4. The number of hydrogen-bond donors (Lipinski definition) is 1. The van der Waals surface area contributed by atoms with E-state index in [2.05, 4.69) is 24.2 Å². The van der Waals surface area contributed by atoms with E-state index in [-0.39, 0.29) is 33.7 Å². The highest BCUT2D eigenvalue weighted by Gasteiger charge is 2.32. The molecule has 13 heteroatoms. The monoisotopic (exact) mass is 556 g/mol. The molecule has 0 atom stereocenters. The molecule has 0 unspecified atom stereocenters. The quantitative estimate of drug-likeness (QED) is 0.312. The molecule has 0 radical (unpaired) electrons. The Morgan fingerprint density at radius 1 is 1.02 bits per heavy atom. The number of ether oxygens (including phenoxy) is 1. The lowest BCUT2D eigenvalue weighted by Crippen LogP contribution is -2.30. The number of halogens is 5. The fourth-order valence-corrected chi connectivity index (χ4v) is 5.04. The number of aromatic nitrogens is 4. The molecule has 0 bridgehead atoms. The molecule has 0 fully saturated rings. The van der Waals surface area contributed by atoms with Crippen molar-refractivity contribution < 1.29 is 26.7 Å². The predicted octanol–water partition coefficient (Wildman–Crippen LogP) is 5.05. The second-order valence-electron chi connectivity index (χ2n) is 9.51. The van der Waals surface area contributed by atoms with Gasteiger partial charge < -0.3 is 15.0 Å². The topological polar surface area (TPSA) is 91.2 Å². The molecule has 1 aliphatic rings. The van der Waals surface area contributed by atoms with Gasteiger partial charge in [-0.1, -0.05) is 6.07 Å². The zero-order chi connectivity index (χ0) is 28.3. The van der Waals surface area contributed by atoms with Crippen molar-refractivity contribution in [2.75, 3.05) is 19.3 Å². The fraction of sp³-hybridized carbons (Fsp3) is 0.222. The number of benzene rings is 2. The van der Waals surface area contributed by atoms with Gasteiger partial charge in [-0.2, -0.15) is 22.0 Å². The summed E-state index contributed by atoms with van der Waals surface area (Å²) in [6.45, 7) is -0.908. The first-order valence-electron chi connectivity index (χ1n) is 12.2. The Bertz CT molecular complexity index is 1830. The van der Waals surface area contributed by atoms with E-state index in [1.165, 1.54) is 24.3 Å². The molecule has 2 aromatic carbocycles. The predicted molar refractivity (Wildman–Crippen MR) is 138 cm³/mol. The first-order chi connectivity index (χ1) is 19.0. The van der Waals surface area contributed by atoms with Crippen molar-refractivity contribution in [2.24, 2.45) is 0 Å². The van der Waals surface area contributed by atoms with Crippen LogP contribution in [0.3, 0.4) is 0 Å². The minimum Gasteiger partial charge on any atom is -0.435 e. The second kappa shape index (κ2) is 9.30. The molecule has 40 heavy (non-hydrogen) atoms. The van der Waals surface area contributed by atoms with Gasteiger partial charge in [0, 0.05) is 25.0 Å². The van der Waals surface area contributed by atoms with Crippen LogP contribution in [0.25, 0.3) is 38.9 Å². The molecule has 0 spiro atoms. The first-order valence-corrected chi connectivity index (χ1v) is 12.2. The third kappa shape index (κ3) is 4.31. The lowest BCUT2D eigenvalue weighted by atomic mass is 10.0. The summed E-state index contributed by atoms with van der Waals surface area (Å²) in [7, 11) is 2.00. The molecule has 2 N–H and O–H groups in total. The molecular weight excluding hydrogens is 535 g/mol. The first kappa shape index (κ1) is 25.7. The third-order valence-electron chi connectivity index (χ3n) is 6.93. The smallest absolute Gasteiger partial charge is 0.417 e. The van der Waals surface area contributed by atoms with Gasteiger partial charge in [0.15, 0.2) is 0 Å². The van der Waals surface area contributed by atoms with E-state index in [0.717, 1.165) is 34.0 Å². The summed E-state index contributed by atoms with van der Waals surface area (Å²) in [6.07, 6.45) is -4.07. The second-order valence-corrected chi connectivity index (χ2v) is 9.51. The summed E-state index contributed by atoms with van der Waals surface area (Å²) < 4.78 is 73.6. The van der Waals surface area contributed by atoms with Crippen LogP contribution in [0.1, 0.15) is 11.4 Å². The van der Waals surface area contributed by atoms with Crippen molar-refractivity contribution >= 4 is 27.8 Å². The standard InChI is InChI=1S/C27H21F5N6O2/c1-36-8-9-37-19-10-14(2-7-18(19)35-21(37)13-36)22-23(33)24-20(11-15(12-34-24)27(30,31)32)38(25(22)39)16-3-5-17(6-4-16)40-26(28)29/h2-7,10-12,26H,8-9,13,33H2,1H3. The number of likely N-dealkylation sites (N-methyl/N-ethyl adjacent to an activating group) is 1. The van der Waals surface area contributed by atoms with Crippen LogP contribution in [0.5, 0.6) is 5.75 Å². The average molecular weight is 556 g/mol. The Labute approximate surface area is 223 Å². The van der Waals surface area contributed by atoms with Gasteiger partial charge >= 0.3 is 12.8 Å². The van der Waals surface area contributed by atoms with Crippen molar-refractivity contribution in [2.45, 2.75) is 25.9 Å². The molecule has 0 amide bonds. The number of nitrogens with zero attached hydrogens (tertiary/aromatic N) is 5. The molecule has 206 valence electrons. The normalized spacial score (nSPS) is 14.3. The van der Waals surface area contributed by atoms with Gasteiger partial charge in [0.25, 0.3) is 5.56 Å². The van der Waals surface area contributed by atoms with Gasteiger partial charge in [-0.15, -0.1) is 0 Å². The highest BCUT2D eigenvalue weighted by molar-refractivity contribution is 5.98. The summed E-state index contributed by atoms with van der Waals surface area (Å²) in [5.41, 5.74) is 6.47. The van der Waals surface area contributed by atoms with E-state index < -0.39 is 23.9 Å². The SMILES string of the molecule is CN1CCn2c(nc3ccc(-c4c(N)c5ncc(C(F)(F)F)cc5n(-c5ccc(OC(F)F)cc5)c4=O)cc32)C1. The van der Waals surface area contributed by atoms with Crippen LogP contribution < -0.4 is 16.0 Å². The molecule has 0 saturated carbocycles. The molecule has 1 aliphatic heterocycles. The Kier molecular flexibility index (Phi) is 5.98. The van der Waals surface area contributed by atoms with Crippen molar-refractivity contribution in [3.63, 3.8) is 0 Å². The summed E-state index contributed by atoms with van der Waals surface area (Å²) >= 11 is 0. The number of pyridine rings is 2. The summed E-state index contributed by atoms with van der Waals surface area (Å²) in [5.74, 6) is 0.694. The van der Waals surface area contributed by atoms with E-state index in [0.29, 0.717) is 24.8 Å². The lowest BCUT2D eigenvalue weighted by molar-refractivity contribution is -0.137. The summed E-state index contributed by atoms with van der Waals surface area (Å²) in [4.78, 5) is 24.8. The molecular formula is C27H21F5N6O2. The minimum absolute atomic E-state index is 0.0208. The molecule has 0 aliphatic carbocycles. The highest BCUT2D eigenvalue weighted by atomic mass is 19.4. The third-order valence-corrected chi connectivity index (χ3v) is 6.93. The Morgan fingerprint density at radius 3 is 2.48 bits per heavy atom. The van der Waals surface area contributed by atoms with Crippen LogP contribution in [0, 0.1) is 0 Å². The van der Waals surface area contributed by atoms with Gasteiger partial charge in [-0.05, 0) is 55.1 Å². The van der Waals surface area contributed by atoms with Crippen LogP contribution in [-0.2, 0) is 19.3 Å². The van der Waals surface area contributed by atoms with E-state index in [9.17, 15) is 26.7 Å². The molecule has 8 nitrogen and oxygen atoms in total. The maximum atomic E-state index is 14.0. The fourth-order valence-electron chi connectivity index (χ4n) is 5.04. The number of hydrogen-bond acceptors (Lipinski definition) is 6. The van der Waals surface area contributed by atoms with Crippen molar-refractivity contribution in [3.8, 4) is 22.6 Å². The van der Waals surface area contributed by atoms with Crippen LogP contribution in [0.4, 0.5) is 27.6 Å². The molecule has 5 aromatic rings. The van der Waals surface area contributed by atoms with E-state index in [4.69, 9.17) is 5.73 Å². The number of nitrogen functional groups attached to an aromatic ring is 1. The van der Waals surface area contributed by atoms with Crippen LogP contribution in [-0.4, -0.2) is 44.2 Å². The minimum atomic E-state index is -4.73. The van der Waals surface area contributed by atoms with Crippen molar-refractivity contribution in [1.82, 2.24) is 24.0 Å². The zero-order valence-corrected chi connectivity index (χ0v) is 20.9. The maximum Gasteiger partial charge on any atom is 0.417 e. The van der Waals surface area contributed by atoms with Gasteiger partial charge in [-0.25, -0.2) is 4.98 Å². The number of alkyl halides is 5. The van der Waals surface area contributed by atoms with Crippen molar-refractivity contribution in [1.29, 1.82) is 0 Å². The molecule has 4 heterocycles. The maximum absolute atomic E-state index is 14.0. The van der Waals surface area contributed by atoms with Gasteiger partial charge in [-0.3, -0.25) is 19.2 Å². The Balaban J connectivity index is 1.61. The Morgan fingerprint density at radius 2 is 1.77 bits per heavy atom. The number of imidazole rings is 1. The number of fused-ring (bicyclic) bond motifs is 4. The highest BCUT2D eigenvalue weighted by Crippen LogP contribution is 2.36. The molecule has 0 saturated heterocycles. The van der Waals surface area contributed by atoms with Crippen LogP contribution in [0.15, 0.2) is 59.5 Å². The zero-order valence-electron chi connectivity index (χ0n) is 20.9. The average Bonchev–Trinajstić information content (AvgIpc) is 3.25. The van der Waals surface area contributed by atoms with Gasteiger partial charge in [0.2, 0.25) is 0 Å². The molecule has 6 rings (SSSR count). The molecule has 3 aromatic heterocycles. The van der Waals surface area contributed by atoms with E-state index in [1.54, 1.807) is 18.2 Å². The largest absolute Gasteiger partial charge is 0.435 e.